The van der Waals surface area contributed by atoms with Gasteiger partial charge in [0.15, 0.2) is 11.5 Å². The first-order valence-corrected chi connectivity index (χ1v) is 8.03. The number of allylic oxidation sites excluding steroid dienone is 1. The summed E-state index contributed by atoms with van der Waals surface area (Å²) < 4.78 is 11.9. The highest BCUT2D eigenvalue weighted by atomic mass is 16.6. The zero-order chi connectivity index (χ0) is 16.0. The van der Waals surface area contributed by atoms with Crippen molar-refractivity contribution in [3.05, 3.63) is 35.4 Å². The molecule has 0 bridgehead atoms. The molecule has 23 heavy (non-hydrogen) atoms. The van der Waals surface area contributed by atoms with E-state index < -0.39 is 0 Å². The molecule has 0 fully saturated rings. The van der Waals surface area contributed by atoms with Gasteiger partial charge in [0, 0.05) is 18.5 Å². The van der Waals surface area contributed by atoms with Crippen LogP contribution in [0, 0.1) is 0 Å². The molecule has 2 heterocycles. The average molecular weight is 314 g/mol. The fourth-order valence-electron chi connectivity index (χ4n) is 4.15. The van der Waals surface area contributed by atoms with Crippen molar-refractivity contribution in [3.8, 4) is 11.5 Å². The molecule has 1 aromatic rings. The zero-order valence-electron chi connectivity index (χ0n) is 13.8. The van der Waals surface area contributed by atoms with E-state index in [1.807, 2.05) is 6.07 Å². The van der Waals surface area contributed by atoms with E-state index in [4.69, 9.17) is 14.3 Å². The van der Waals surface area contributed by atoms with E-state index in [0.717, 1.165) is 43.1 Å². The summed E-state index contributed by atoms with van der Waals surface area (Å²) in [5.74, 6) is 1.73. The van der Waals surface area contributed by atoms with E-state index in [-0.39, 0.29) is 11.5 Å². The van der Waals surface area contributed by atoms with Gasteiger partial charge in [0.05, 0.1) is 18.2 Å². The van der Waals surface area contributed by atoms with Crippen LogP contribution in [-0.2, 0) is 16.8 Å². The first-order chi connectivity index (χ1) is 11.2. The van der Waals surface area contributed by atoms with Gasteiger partial charge in [0.25, 0.3) is 0 Å². The highest BCUT2D eigenvalue weighted by Crippen LogP contribution is 2.55. The first-order valence-electron chi connectivity index (χ1n) is 8.03. The second-order valence-corrected chi connectivity index (χ2v) is 6.57. The standard InChI is InChI=1S/C18H22N2O3/c1-20-9-8-18-7-6-13(19-22-3)10-15(18)23-17-14(21-2)5-4-12(11-20)16(17)18/h4-7,15H,8-11H2,1-3H3/b19-13+/t15-,18-/m0/s1. The molecule has 5 heteroatoms. The van der Waals surface area contributed by atoms with Crippen molar-refractivity contribution in [2.45, 2.75) is 30.9 Å². The average Bonchev–Trinajstić information content (AvgIpc) is 2.81. The quantitative estimate of drug-likeness (QED) is 0.787. The molecule has 1 spiro atoms. The molecular weight excluding hydrogens is 292 g/mol. The summed E-state index contributed by atoms with van der Waals surface area (Å²) in [6, 6.07) is 4.20. The van der Waals surface area contributed by atoms with Gasteiger partial charge >= 0.3 is 0 Å². The SMILES string of the molecule is CO/N=C1\C=C[C@@]23CCN(C)Cc4ccc(OC)c(c42)O[C@H]3C1. The molecule has 5 nitrogen and oxygen atoms in total. The van der Waals surface area contributed by atoms with E-state index in [0.29, 0.717) is 0 Å². The van der Waals surface area contributed by atoms with E-state index >= 15 is 0 Å². The second kappa shape index (κ2) is 5.27. The molecule has 1 aromatic carbocycles. The van der Waals surface area contributed by atoms with Crippen LogP contribution in [0.25, 0.3) is 0 Å². The Kier molecular flexibility index (Phi) is 3.34. The van der Waals surface area contributed by atoms with Crippen LogP contribution in [0.5, 0.6) is 11.5 Å². The Balaban J connectivity index is 1.90. The fourth-order valence-corrected chi connectivity index (χ4v) is 4.15. The number of rotatable bonds is 2. The number of hydrogen-bond donors (Lipinski definition) is 0. The Labute approximate surface area is 136 Å². The van der Waals surface area contributed by atoms with Gasteiger partial charge in [-0.3, -0.25) is 0 Å². The lowest BCUT2D eigenvalue weighted by Gasteiger charge is -2.34. The van der Waals surface area contributed by atoms with Gasteiger partial charge in [-0.2, -0.15) is 0 Å². The Morgan fingerprint density at radius 1 is 1.35 bits per heavy atom. The minimum absolute atomic E-state index is 0.0537. The van der Waals surface area contributed by atoms with Crippen molar-refractivity contribution in [1.82, 2.24) is 4.90 Å². The van der Waals surface area contributed by atoms with Crippen molar-refractivity contribution < 1.29 is 14.3 Å². The van der Waals surface area contributed by atoms with Crippen molar-refractivity contribution in [1.29, 1.82) is 0 Å². The summed E-state index contributed by atoms with van der Waals surface area (Å²) in [4.78, 5) is 7.32. The Bertz CT molecular complexity index is 698. The fraction of sp³-hybridized carbons (Fsp3) is 0.500. The molecule has 2 atom stereocenters. The van der Waals surface area contributed by atoms with Gasteiger partial charge in [-0.05, 0) is 37.7 Å². The van der Waals surface area contributed by atoms with Crippen LogP contribution < -0.4 is 9.47 Å². The molecule has 0 N–H and O–H groups in total. The summed E-state index contributed by atoms with van der Waals surface area (Å²) in [7, 11) is 5.46. The minimum atomic E-state index is -0.0866. The summed E-state index contributed by atoms with van der Waals surface area (Å²) in [6.07, 6.45) is 6.21. The van der Waals surface area contributed by atoms with Gasteiger partial charge in [-0.15, -0.1) is 0 Å². The van der Waals surface area contributed by atoms with Crippen LogP contribution in [-0.4, -0.2) is 44.5 Å². The normalized spacial score (nSPS) is 30.4. The van der Waals surface area contributed by atoms with Crippen molar-refractivity contribution in [3.63, 3.8) is 0 Å². The Morgan fingerprint density at radius 3 is 3.00 bits per heavy atom. The number of nitrogens with zero attached hydrogens (tertiary/aromatic N) is 2. The number of benzene rings is 1. The van der Waals surface area contributed by atoms with E-state index in [1.165, 1.54) is 11.1 Å². The van der Waals surface area contributed by atoms with Crippen molar-refractivity contribution in [2.24, 2.45) is 5.16 Å². The third-order valence-electron chi connectivity index (χ3n) is 5.25. The number of oxime groups is 1. The Morgan fingerprint density at radius 2 is 2.22 bits per heavy atom. The van der Waals surface area contributed by atoms with Gasteiger partial charge in [-0.25, -0.2) is 0 Å². The summed E-state index contributed by atoms with van der Waals surface area (Å²) in [6.45, 7) is 1.98. The Hall–Kier alpha value is -2.01. The summed E-state index contributed by atoms with van der Waals surface area (Å²) >= 11 is 0. The highest BCUT2D eigenvalue weighted by molar-refractivity contribution is 5.97. The van der Waals surface area contributed by atoms with Crippen LogP contribution >= 0.6 is 0 Å². The third kappa shape index (κ3) is 2.06. The van der Waals surface area contributed by atoms with E-state index in [2.05, 4.69) is 35.3 Å². The van der Waals surface area contributed by atoms with Crippen molar-refractivity contribution in [2.75, 3.05) is 27.8 Å². The van der Waals surface area contributed by atoms with Crippen LogP contribution in [0.4, 0.5) is 0 Å². The maximum absolute atomic E-state index is 6.38. The third-order valence-corrected chi connectivity index (χ3v) is 5.25. The predicted molar refractivity (Wildman–Crippen MR) is 88.2 cm³/mol. The smallest absolute Gasteiger partial charge is 0.166 e. The van der Waals surface area contributed by atoms with Gasteiger partial charge in [-0.1, -0.05) is 17.3 Å². The lowest BCUT2D eigenvalue weighted by molar-refractivity contribution is 0.154. The van der Waals surface area contributed by atoms with Crippen LogP contribution in [0.3, 0.4) is 0 Å². The molecule has 1 aliphatic carbocycles. The van der Waals surface area contributed by atoms with Crippen LogP contribution in [0.15, 0.2) is 29.4 Å². The molecule has 0 saturated carbocycles. The number of hydrogen-bond acceptors (Lipinski definition) is 5. The molecule has 122 valence electrons. The molecular formula is C18H22N2O3. The van der Waals surface area contributed by atoms with Gasteiger partial charge in [0.1, 0.15) is 13.2 Å². The molecule has 0 unspecified atom stereocenters. The minimum Gasteiger partial charge on any atom is -0.493 e. The monoisotopic (exact) mass is 314 g/mol. The lowest BCUT2D eigenvalue weighted by Crippen LogP contribution is -2.41. The number of methoxy groups -OCH3 is 1. The topological polar surface area (TPSA) is 43.3 Å². The molecule has 0 amide bonds. The van der Waals surface area contributed by atoms with Gasteiger partial charge in [0.2, 0.25) is 0 Å². The number of ether oxygens (including phenoxy) is 2. The molecule has 2 aliphatic heterocycles. The first kappa shape index (κ1) is 14.6. The molecule has 0 radical (unpaired) electrons. The largest absolute Gasteiger partial charge is 0.493 e. The van der Waals surface area contributed by atoms with E-state index in [1.54, 1.807) is 14.2 Å². The second-order valence-electron chi connectivity index (χ2n) is 6.57. The van der Waals surface area contributed by atoms with Gasteiger partial charge < -0.3 is 19.2 Å². The highest BCUT2D eigenvalue weighted by Gasteiger charge is 2.52. The van der Waals surface area contributed by atoms with Crippen molar-refractivity contribution >= 4 is 5.71 Å². The van der Waals surface area contributed by atoms with Crippen LogP contribution in [0.2, 0.25) is 0 Å². The predicted octanol–water partition coefficient (Wildman–Crippen LogP) is 2.49. The lowest BCUT2D eigenvalue weighted by atomic mass is 9.69. The zero-order valence-corrected chi connectivity index (χ0v) is 13.8. The molecule has 0 aromatic heterocycles. The summed E-state index contributed by atoms with van der Waals surface area (Å²) in [5.41, 5.74) is 3.48. The summed E-state index contributed by atoms with van der Waals surface area (Å²) in [5, 5.41) is 4.10. The molecule has 3 aliphatic rings. The maximum atomic E-state index is 6.38. The van der Waals surface area contributed by atoms with Crippen LogP contribution in [0.1, 0.15) is 24.0 Å². The molecule has 4 rings (SSSR count). The maximum Gasteiger partial charge on any atom is 0.166 e. The van der Waals surface area contributed by atoms with E-state index in [9.17, 15) is 0 Å². The molecule has 0 saturated heterocycles.